The molecule has 0 saturated heterocycles. The molecule has 1 aromatic carbocycles. The van der Waals surface area contributed by atoms with Gasteiger partial charge < -0.3 is 10.6 Å². The van der Waals surface area contributed by atoms with Crippen LogP contribution in [0.15, 0.2) is 28.8 Å². The molecule has 0 radical (unpaired) electrons. The molecule has 2 N–H and O–H groups in total. The largest absolute Gasteiger partial charge is 0.323 e. The molecule has 1 aliphatic rings. The lowest BCUT2D eigenvalue weighted by molar-refractivity contribution is -0.125. The molecular weight excluding hydrogens is 362 g/mol. The number of rotatable bonds is 4. The first-order chi connectivity index (χ1) is 12.2. The van der Waals surface area contributed by atoms with Crippen molar-refractivity contribution in [1.82, 2.24) is 5.32 Å². The van der Waals surface area contributed by atoms with Gasteiger partial charge in [-0.2, -0.15) is 10.5 Å². The van der Waals surface area contributed by atoms with Crippen molar-refractivity contribution in [3.63, 3.8) is 0 Å². The number of hydrogen-bond donors (Lipinski definition) is 2. The zero-order chi connectivity index (χ0) is 19.5. The van der Waals surface area contributed by atoms with Crippen LogP contribution in [0.4, 0.5) is 14.5 Å². The van der Waals surface area contributed by atoms with Crippen molar-refractivity contribution in [3.8, 4) is 12.1 Å². The summed E-state index contributed by atoms with van der Waals surface area (Å²) in [5, 5.41) is 23.4. The van der Waals surface area contributed by atoms with Gasteiger partial charge in [0.2, 0.25) is 11.8 Å². The van der Waals surface area contributed by atoms with Gasteiger partial charge in [-0.25, -0.2) is 8.78 Å². The van der Waals surface area contributed by atoms with Crippen molar-refractivity contribution in [2.45, 2.75) is 13.8 Å². The van der Waals surface area contributed by atoms with Gasteiger partial charge in [0.1, 0.15) is 17.6 Å². The molecule has 1 aromatic rings. The van der Waals surface area contributed by atoms with E-state index in [4.69, 9.17) is 5.26 Å². The lowest BCUT2D eigenvalue weighted by atomic mass is 9.72. The lowest BCUT2D eigenvalue weighted by Gasteiger charge is -2.34. The molecule has 0 saturated carbocycles. The van der Waals surface area contributed by atoms with Crippen LogP contribution in [0, 0.1) is 45.6 Å². The van der Waals surface area contributed by atoms with Gasteiger partial charge in [-0.15, -0.1) is 0 Å². The van der Waals surface area contributed by atoms with Gasteiger partial charge in [0.15, 0.2) is 0 Å². The summed E-state index contributed by atoms with van der Waals surface area (Å²) in [5.74, 6) is -3.96. The summed E-state index contributed by atoms with van der Waals surface area (Å²) in [5.41, 5.74) is -1.14. The number of nitrogens with one attached hydrogen (secondary N) is 2. The maximum Gasteiger partial charge on any atom is 0.243 e. The van der Waals surface area contributed by atoms with Gasteiger partial charge in [-0.05, 0) is 12.1 Å². The number of carbonyl (C=O) groups excluding carboxylic acids is 2. The molecule has 0 unspecified atom stereocenters. The van der Waals surface area contributed by atoms with Crippen LogP contribution in [0.5, 0.6) is 0 Å². The Hall–Kier alpha value is -2.91. The van der Waals surface area contributed by atoms with E-state index in [0.29, 0.717) is 0 Å². The van der Waals surface area contributed by atoms with Crippen molar-refractivity contribution in [1.29, 1.82) is 10.5 Å². The number of nitrogens with zero attached hydrogens (tertiary/aromatic N) is 2. The zero-order valence-corrected chi connectivity index (χ0v) is 14.7. The van der Waals surface area contributed by atoms with Crippen LogP contribution in [-0.4, -0.2) is 17.6 Å². The third-order valence-electron chi connectivity index (χ3n) is 3.88. The summed E-state index contributed by atoms with van der Waals surface area (Å²) in [6.07, 6.45) is 0. The number of thioether (sulfide) groups is 1. The third-order valence-corrected chi connectivity index (χ3v) is 4.88. The standard InChI is InChI=1S/C17H14F2N4O2S/c1-17(2)10(6-20)15(25)23-16(11(17)7-21)26-8-14(24)22-13-5-9(18)3-4-12(13)19/h3-5,10H,8H2,1-2H3,(H,22,24)(H,23,25)/t10-/m1/s1. The first-order valence-corrected chi connectivity index (χ1v) is 8.42. The van der Waals surface area contributed by atoms with E-state index in [1.807, 2.05) is 12.1 Å². The van der Waals surface area contributed by atoms with Crippen LogP contribution in [0.1, 0.15) is 13.8 Å². The minimum absolute atomic E-state index is 0.170. The highest BCUT2D eigenvalue weighted by molar-refractivity contribution is 8.03. The van der Waals surface area contributed by atoms with E-state index < -0.39 is 34.8 Å². The highest BCUT2D eigenvalue weighted by Crippen LogP contribution is 2.41. The Morgan fingerprint density at radius 1 is 1.38 bits per heavy atom. The second kappa shape index (κ2) is 7.54. The Bertz CT molecular complexity index is 884. The molecule has 0 spiro atoms. The minimum atomic E-state index is -1.03. The van der Waals surface area contributed by atoms with E-state index >= 15 is 0 Å². The van der Waals surface area contributed by atoms with E-state index in [-0.39, 0.29) is 22.0 Å². The summed E-state index contributed by atoms with van der Waals surface area (Å²) in [4.78, 5) is 24.0. The second-order valence-corrected chi connectivity index (χ2v) is 7.04. The van der Waals surface area contributed by atoms with Crippen LogP contribution in [0.25, 0.3) is 0 Å². The monoisotopic (exact) mass is 376 g/mol. The molecule has 26 heavy (non-hydrogen) atoms. The van der Waals surface area contributed by atoms with Crippen LogP contribution >= 0.6 is 11.8 Å². The molecule has 9 heteroatoms. The Kier molecular flexibility index (Phi) is 5.63. The number of allylic oxidation sites excluding steroid dienone is 1. The maximum atomic E-state index is 13.5. The summed E-state index contributed by atoms with van der Waals surface area (Å²) in [7, 11) is 0. The number of benzene rings is 1. The van der Waals surface area contributed by atoms with Crippen LogP contribution < -0.4 is 10.6 Å². The SMILES string of the molecule is CC1(C)C(C#N)=C(SCC(=O)Nc2cc(F)ccc2F)NC(=O)[C@H]1C#N. The van der Waals surface area contributed by atoms with Crippen molar-refractivity contribution in [3.05, 3.63) is 40.4 Å². The van der Waals surface area contributed by atoms with Gasteiger partial charge in [-0.1, -0.05) is 25.6 Å². The van der Waals surface area contributed by atoms with E-state index in [2.05, 4.69) is 10.6 Å². The highest BCUT2D eigenvalue weighted by atomic mass is 32.2. The summed E-state index contributed by atoms with van der Waals surface area (Å²) < 4.78 is 26.7. The van der Waals surface area contributed by atoms with E-state index in [1.165, 1.54) is 0 Å². The fraction of sp³-hybridized carbons (Fsp3) is 0.294. The number of halogens is 2. The lowest BCUT2D eigenvalue weighted by Crippen LogP contribution is -2.44. The van der Waals surface area contributed by atoms with Crippen LogP contribution in [0.3, 0.4) is 0 Å². The van der Waals surface area contributed by atoms with E-state index in [0.717, 1.165) is 30.0 Å². The highest BCUT2D eigenvalue weighted by Gasteiger charge is 2.44. The number of carbonyl (C=O) groups is 2. The summed E-state index contributed by atoms with van der Waals surface area (Å²) in [6.45, 7) is 3.20. The molecule has 2 rings (SSSR count). The average molecular weight is 376 g/mol. The molecule has 0 fully saturated rings. The maximum absolute atomic E-state index is 13.5. The zero-order valence-electron chi connectivity index (χ0n) is 13.9. The fourth-order valence-electron chi connectivity index (χ4n) is 2.45. The second-order valence-electron chi connectivity index (χ2n) is 6.05. The van der Waals surface area contributed by atoms with Crippen molar-refractivity contribution >= 4 is 29.3 Å². The van der Waals surface area contributed by atoms with E-state index in [9.17, 15) is 23.6 Å². The normalized spacial score (nSPS) is 18.5. The fourth-order valence-corrected chi connectivity index (χ4v) is 3.43. The molecule has 134 valence electrons. The minimum Gasteiger partial charge on any atom is -0.323 e. The molecule has 0 bridgehead atoms. The number of nitriles is 2. The Morgan fingerprint density at radius 2 is 2.08 bits per heavy atom. The molecule has 1 atom stereocenters. The molecule has 0 aromatic heterocycles. The van der Waals surface area contributed by atoms with Gasteiger partial charge in [0.05, 0.1) is 34.2 Å². The molecule has 6 nitrogen and oxygen atoms in total. The molecule has 1 heterocycles. The van der Waals surface area contributed by atoms with Gasteiger partial charge in [0.25, 0.3) is 0 Å². The van der Waals surface area contributed by atoms with Gasteiger partial charge in [0, 0.05) is 11.5 Å². The predicted octanol–water partition coefficient (Wildman–Crippen LogP) is 2.67. The van der Waals surface area contributed by atoms with Crippen molar-refractivity contribution in [2.24, 2.45) is 11.3 Å². The molecule has 2 amide bonds. The van der Waals surface area contributed by atoms with Crippen molar-refractivity contribution in [2.75, 3.05) is 11.1 Å². The smallest absolute Gasteiger partial charge is 0.243 e. The Labute approximate surface area is 152 Å². The Balaban J connectivity index is 2.15. The van der Waals surface area contributed by atoms with Gasteiger partial charge in [-0.3, -0.25) is 9.59 Å². The van der Waals surface area contributed by atoms with Crippen LogP contribution in [-0.2, 0) is 9.59 Å². The molecule has 1 aliphatic heterocycles. The quantitative estimate of drug-likeness (QED) is 0.840. The molecular formula is C17H14F2N4O2S. The number of amides is 2. The van der Waals surface area contributed by atoms with E-state index in [1.54, 1.807) is 13.8 Å². The average Bonchev–Trinajstić information content (AvgIpc) is 2.55. The third kappa shape index (κ3) is 3.84. The first kappa shape index (κ1) is 19.4. The molecule has 0 aliphatic carbocycles. The number of anilines is 1. The predicted molar refractivity (Wildman–Crippen MR) is 91.1 cm³/mol. The summed E-state index contributed by atoms with van der Waals surface area (Å²) in [6, 6.07) is 6.51. The van der Waals surface area contributed by atoms with Crippen LogP contribution in [0.2, 0.25) is 0 Å². The number of hydrogen-bond acceptors (Lipinski definition) is 5. The first-order valence-electron chi connectivity index (χ1n) is 7.43. The Morgan fingerprint density at radius 3 is 2.69 bits per heavy atom. The van der Waals surface area contributed by atoms with Crippen molar-refractivity contribution < 1.29 is 18.4 Å². The topological polar surface area (TPSA) is 106 Å². The van der Waals surface area contributed by atoms with Gasteiger partial charge >= 0.3 is 0 Å². The summed E-state index contributed by atoms with van der Waals surface area (Å²) >= 11 is 0.874.